The summed E-state index contributed by atoms with van der Waals surface area (Å²) >= 11 is 0. The number of hydrogen-bond acceptors (Lipinski definition) is 8. The highest BCUT2D eigenvalue weighted by Crippen LogP contribution is 2.47. The van der Waals surface area contributed by atoms with Gasteiger partial charge in [0.05, 0.1) is 12.5 Å². The summed E-state index contributed by atoms with van der Waals surface area (Å²) < 4.78 is 3.73. The van der Waals surface area contributed by atoms with Crippen molar-refractivity contribution < 1.29 is 9.59 Å². The molecule has 0 atom stereocenters. The third-order valence-corrected chi connectivity index (χ3v) is 5.98. The molecule has 3 aromatic heterocycles. The monoisotopic (exact) mass is 434 g/mol. The zero-order valence-electron chi connectivity index (χ0n) is 17.2. The molecule has 1 aliphatic heterocycles. The number of fused-ring (bicyclic) bond motifs is 1. The fraction of sp³-hybridized carbons (Fsp3) is 0.400. The molecule has 0 spiro atoms. The summed E-state index contributed by atoms with van der Waals surface area (Å²) in [6, 6.07) is -0.165. The molecular weight excluding hydrogens is 412 g/mol. The van der Waals surface area contributed by atoms with Gasteiger partial charge in [0.25, 0.3) is 5.91 Å². The maximum Gasteiger partial charge on any atom is 0.326 e. The first kappa shape index (κ1) is 18.8. The zero-order valence-corrected chi connectivity index (χ0v) is 17.2. The van der Waals surface area contributed by atoms with Gasteiger partial charge in [-0.25, -0.2) is 9.78 Å². The molecule has 3 aliphatic rings. The first-order valence-corrected chi connectivity index (χ1v) is 10.6. The van der Waals surface area contributed by atoms with Crippen LogP contribution in [-0.4, -0.2) is 53.7 Å². The van der Waals surface area contributed by atoms with Gasteiger partial charge in [-0.1, -0.05) is 0 Å². The van der Waals surface area contributed by atoms with Crippen LogP contribution in [0.1, 0.15) is 31.2 Å². The highest BCUT2D eigenvalue weighted by atomic mass is 16.2. The van der Waals surface area contributed by atoms with E-state index in [1.54, 1.807) is 23.0 Å². The molecule has 3 aromatic rings. The van der Waals surface area contributed by atoms with Crippen molar-refractivity contribution in [1.29, 1.82) is 0 Å². The molecule has 12 nitrogen and oxygen atoms in total. The van der Waals surface area contributed by atoms with Crippen molar-refractivity contribution in [2.75, 3.05) is 17.2 Å². The summed E-state index contributed by atoms with van der Waals surface area (Å²) in [5.41, 5.74) is 1.48. The molecule has 12 heteroatoms. The van der Waals surface area contributed by atoms with Crippen LogP contribution in [0, 0.1) is 5.41 Å². The molecule has 4 heterocycles. The molecule has 0 aromatic carbocycles. The minimum Gasteiger partial charge on any atom is -0.353 e. The van der Waals surface area contributed by atoms with Gasteiger partial charge in [-0.15, -0.1) is 0 Å². The number of amides is 3. The number of urea groups is 1. The lowest BCUT2D eigenvalue weighted by molar-refractivity contribution is -0.115. The predicted octanol–water partition coefficient (Wildman–Crippen LogP) is 0.968. The topological polar surface area (TPSA) is 143 Å². The Bertz CT molecular complexity index is 1240. The summed E-state index contributed by atoms with van der Waals surface area (Å²) in [5.74, 6) is 0.620. The first-order valence-electron chi connectivity index (χ1n) is 10.6. The van der Waals surface area contributed by atoms with Crippen LogP contribution in [0.15, 0.2) is 30.6 Å². The van der Waals surface area contributed by atoms with E-state index in [0.29, 0.717) is 29.1 Å². The number of rotatable bonds is 8. The number of carbonyl (C=O) groups is 2. The number of nitrogens with one attached hydrogen (secondary N) is 4. The van der Waals surface area contributed by atoms with E-state index in [0.717, 1.165) is 38.8 Å². The van der Waals surface area contributed by atoms with Gasteiger partial charge >= 0.3 is 6.03 Å². The van der Waals surface area contributed by atoms with Crippen molar-refractivity contribution in [3.05, 3.63) is 36.2 Å². The van der Waals surface area contributed by atoms with E-state index in [4.69, 9.17) is 0 Å². The average molecular weight is 434 g/mol. The van der Waals surface area contributed by atoms with E-state index in [2.05, 4.69) is 45.9 Å². The Morgan fingerprint density at radius 2 is 2.09 bits per heavy atom. The van der Waals surface area contributed by atoms with Crippen LogP contribution in [0.2, 0.25) is 0 Å². The molecule has 3 fully saturated rings. The van der Waals surface area contributed by atoms with Crippen LogP contribution in [0.25, 0.3) is 11.7 Å². The minimum absolute atomic E-state index is 0.159. The summed E-state index contributed by atoms with van der Waals surface area (Å²) in [4.78, 5) is 36.8. The Kier molecular flexibility index (Phi) is 4.13. The lowest BCUT2D eigenvalue weighted by atomic mass is 10.1. The molecule has 2 aliphatic carbocycles. The van der Waals surface area contributed by atoms with Gasteiger partial charge in [0, 0.05) is 42.5 Å². The average Bonchev–Trinajstić information content (AvgIpc) is 3.59. The van der Waals surface area contributed by atoms with Gasteiger partial charge in [-0.3, -0.25) is 10.1 Å². The van der Waals surface area contributed by atoms with Gasteiger partial charge in [-0.05, 0) is 31.8 Å². The molecule has 3 amide bonds. The van der Waals surface area contributed by atoms with Crippen LogP contribution < -0.4 is 21.3 Å². The Morgan fingerprint density at radius 1 is 1.22 bits per heavy atom. The molecule has 6 rings (SSSR count). The molecule has 0 unspecified atom stereocenters. The smallest absolute Gasteiger partial charge is 0.326 e. The standard InChI is InChI=1S/C20H22N10O2/c31-16-14(25-19(32)27-16)7-12-8-23-30-15(12)26-17(28-18(30)24-13-1-2-13)22-9-20(3-4-20)10-29-6-5-21-11-29/h5-8,11,13H,1-4,9-10H2,(H2,22,24,26,28)(H2,25,27,31,32)/b14-7-. The van der Waals surface area contributed by atoms with E-state index >= 15 is 0 Å². The third kappa shape index (κ3) is 3.63. The molecular formula is C20H22N10O2. The maximum atomic E-state index is 11.9. The molecule has 4 N–H and O–H groups in total. The quantitative estimate of drug-likeness (QED) is 0.303. The number of imide groups is 1. The number of nitrogens with zero attached hydrogens (tertiary/aromatic N) is 6. The van der Waals surface area contributed by atoms with Gasteiger partial charge in [-0.2, -0.15) is 19.6 Å². The number of hydrogen-bond donors (Lipinski definition) is 4. The number of carbonyl (C=O) groups excluding carboxylic acids is 2. The van der Waals surface area contributed by atoms with Crippen molar-refractivity contribution >= 4 is 35.6 Å². The molecule has 0 radical (unpaired) electrons. The van der Waals surface area contributed by atoms with Crippen molar-refractivity contribution in [2.45, 2.75) is 38.3 Å². The van der Waals surface area contributed by atoms with Gasteiger partial charge in [0.1, 0.15) is 5.70 Å². The highest BCUT2D eigenvalue weighted by Gasteiger charge is 2.42. The predicted molar refractivity (Wildman–Crippen MR) is 114 cm³/mol. The van der Waals surface area contributed by atoms with Crippen molar-refractivity contribution in [1.82, 2.24) is 39.8 Å². The summed E-state index contributed by atoms with van der Waals surface area (Å²) in [6.07, 6.45) is 13.2. The van der Waals surface area contributed by atoms with Crippen molar-refractivity contribution in [2.24, 2.45) is 5.41 Å². The Labute approximate surface area is 182 Å². The second kappa shape index (κ2) is 7.04. The van der Waals surface area contributed by atoms with Crippen LogP contribution >= 0.6 is 0 Å². The van der Waals surface area contributed by atoms with E-state index < -0.39 is 11.9 Å². The Hall–Kier alpha value is -3.96. The largest absolute Gasteiger partial charge is 0.353 e. The van der Waals surface area contributed by atoms with Crippen LogP contribution in [0.5, 0.6) is 0 Å². The zero-order chi connectivity index (χ0) is 21.7. The number of anilines is 2. The summed E-state index contributed by atoms with van der Waals surface area (Å²) in [5, 5.41) is 15.9. The van der Waals surface area contributed by atoms with Gasteiger partial charge in [0.2, 0.25) is 11.9 Å². The van der Waals surface area contributed by atoms with E-state index in [1.165, 1.54) is 0 Å². The van der Waals surface area contributed by atoms with E-state index in [9.17, 15) is 9.59 Å². The molecule has 0 bridgehead atoms. The Balaban J connectivity index is 1.29. The highest BCUT2D eigenvalue weighted by molar-refractivity contribution is 6.14. The third-order valence-electron chi connectivity index (χ3n) is 5.98. The SMILES string of the molecule is O=C1NC(=O)/C(=C/c2cnn3c(NC4CC4)nc(NCC4(Cn5ccnc5)CC4)nc23)N1. The minimum atomic E-state index is -0.543. The fourth-order valence-corrected chi connectivity index (χ4v) is 3.82. The molecule has 164 valence electrons. The normalized spacial score (nSPS) is 20.4. The second-order valence-corrected chi connectivity index (χ2v) is 8.68. The lowest BCUT2D eigenvalue weighted by Gasteiger charge is -2.17. The van der Waals surface area contributed by atoms with Gasteiger partial charge < -0.3 is 20.5 Å². The van der Waals surface area contributed by atoms with Crippen molar-refractivity contribution in [3.63, 3.8) is 0 Å². The Morgan fingerprint density at radius 3 is 2.78 bits per heavy atom. The second-order valence-electron chi connectivity index (χ2n) is 8.68. The van der Waals surface area contributed by atoms with Crippen molar-refractivity contribution in [3.8, 4) is 0 Å². The summed E-state index contributed by atoms with van der Waals surface area (Å²) in [7, 11) is 0. The summed E-state index contributed by atoms with van der Waals surface area (Å²) in [6.45, 7) is 1.64. The lowest BCUT2D eigenvalue weighted by Crippen LogP contribution is -2.22. The molecule has 32 heavy (non-hydrogen) atoms. The number of imidazole rings is 1. The van der Waals surface area contributed by atoms with Crippen LogP contribution in [-0.2, 0) is 11.3 Å². The molecule has 1 saturated heterocycles. The van der Waals surface area contributed by atoms with E-state index in [-0.39, 0.29) is 11.1 Å². The van der Waals surface area contributed by atoms with Gasteiger partial charge in [0.15, 0.2) is 5.65 Å². The number of aromatic nitrogens is 6. The van der Waals surface area contributed by atoms with Crippen LogP contribution in [0.4, 0.5) is 16.7 Å². The van der Waals surface area contributed by atoms with Crippen LogP contribution in [0.3, 0.4) is 0 Å². The first-order chi connectivity index (χ1) is 15.6. The maximum absolute atomic E-state index is 11.9. The fourth-order valence-electron chi connectivity index (χ4n) is 3.82. The van der Waals surface area contributed by atoms with E-state index in [1.807, 2.05) is 12.5 Å². The molecule has 2 saturated carbocycles.